The van der Waals surface area contributed by atoms with Crippen molar-refractivity contribution >= 4 is 21.9 Å². The molecule has 0 aromatic heterocycles. The number of hydrogen-bond acceptors (Lipinski definition) is 7. The van der Waals surface area contributed by atoms with Gasteiger partial charge in [0.1, 0.15) is 18.3 Å². The molecule has 0 saturated heterocycles. The Bertz CT molecular complexity index is 356. The maximum absolute atomic E-state index is 10.5. The molecule has 0 aromatic rings. The van der Waals surface area contributed by atoms with E-state index < -0.39 is 40.6 Å². The Morgan fingerprint density at radius 2 is 1.56 bits per heavy atom. The van der Waals surface area contributed by atoms with E-state index in [4.69, 9.17) is 24.7 Å². The van der Waals surface area contributed by atoms with E-state index in [-0.39, 0.29) is 6.29 Å². The van der Waals surface area contributed by atoms with Crippen LogP contribution in [0.3, 0.4) is 0 Å². The molecule has 18 heavy (non-hydrogen) atoms. The number of carbonyl (C=O) groups excluding carboxylic acids is 1. The topological polar surface area (TPSA) is 191 Å². The molecule has 0 aliphatic carbocycles. The summed E-state index contributed by atoms with van der Waals surface area (Å²) in [5, 5.41) is 18.2. The van der Waals surface area contributed by atoms with Gasteiger partial charge >= 0.3 is 15.6 Å². The van der Waals surface area contributed by atoms with Crippen molar-refractivity contribution in [2.24, 2.45) is 0 Å². The van der Waals surface area contributed by atoms with E-state index in [1.54, 1.807) is 0 Å². The molecule has 0 unspecified atom stereocenters. The van der Waals surface area contributed by atoms with Crippen LogP contribution in [0.1, 0.15) is 0 Å². The molecule has 0 saturated carbocycles. The standard InChI is InChI=1S/C5H12O11P2/c6-1-3(7)5(8)4(16-18(12,13)14)2-15-17(9,10)11/h1,3-5,7-8H,2H2,(H2,9,10,11)(H2,12,13,14)/t3-,4-,5+/m1/s1. The minimum Gasteiger partial charge on any atom is -0.387 e. The smallest absolute Gasteiger partial charge is 0.387 e. The number of phosphoric ester groups is 2. The highest BCUT2D eigenvalue weighted by Crippen LogP contribution is 2.41. The molecule has 0 aliphatic heterocycles. The zero-order chi connectivity index (χ0) is 14.6. The van der Waals surface area contributed by atoms with E-state index in [0.717, 1.165) is 0 Å². The molecule has 0 radical (unpaired) electrons. The Morgan fingerprint density at radius 1 is 1.06 bits per heavy atom. The van der Waals surface area contributed by atoms with Gasteiger partial charge in [-0.25, -0.2) is 9.13 Å². The maximum Gasteiger partial charge on any atom is 0.470 e. The first kappa shape index (κ1) is 17.8. The van der Waals surface area contributed by atoms with Crippen LogP contribution in [0.15, 0.2) is 0 Å². The first-order valence-electron chi connectivity index (χ1n) is 4.22. The van der Waals surface area contributed by atoms with Crippen molar-refractivity contribution in [1.29, 1.82) is 0 Å². The zero-order valence-electron chi connectivity index (χ0n) is 8.64. The van der Waals surface area contributed by atoms with E-state index in [2.05, 4.69) is 9.05 Å². The number of rotatable bonds is 8. The molecular weight excluding hydrogens is 298 g/mol. The lowest BCUT2D eigenvalue weighted by Crippen LogP contribution is -2.42. The minimum atomic E-state index is -5.13. The number of carbonyl (C=O) groups is 1. The van der Waals surface area contributed by atoms with E-state index in [1.807, 2.05) is 0 Å². The van der Waals surface area contributed by atoms with Crippen LogP contribution in [0, 0.1) is 0 Å². The molecule has 0 spiro atoms. The molecule has 0 fully saturated rings. The maximum atomic E-state index is 10.5. The summed E-state index contributed by atoms with van der Waals surface area (Å²) >= 11 is 0. The summed E-state index contributed by atoms with van der Waals surface area (Å²) in [6, 6.07) is 0. The quantitative estimate of drug-likeness (QED) is 0.205. The molecule has 0 bridgehead atoms. The summed E-state index contributed by atoms with van der Waals surface area (Å²) in [4.78, 5) is 43.9. The largest absolute Gasteiger partial charge is 0.470 e. The van der Waals surface area contributed by atoms with E-state index in [0.29, 0.717) is 0 Å². The molecule has 0 heterocycles. The summed E-state index contributed by atoms with van der Waals surface area (Å²) in [5.41, 5.74) is 0. The fraction of sp³-hybridized carbons (Fsp3) is 0.800. The highest BCUT2D eigenvalue weighted by Gasteiger charge is 2.34. The molecule has 0 rings (SSSR count). The lowest BCUT2D eigenvalue weighted by molar-refractivity contribution is -0.127. The van der Waals surface area contributed by atoms with Crippen molar-refractivity contribution in [3.8, 4) is 0 Å². The van der Waals surface area contributed by atoms with Crippen molar-refractivity contribution in [2.45, 2.75) is 18.3 Å². The zero-order valence-corrected chi connectivity index (χ0v) is 10.4. The van der Waals surface area contributed by atoms with Crippen LogP contribution in [0.2, 0.25) is 0 Å². The second kappa shape index (κ2) is 6.83. The lowest BCUT2D eigenvalue weighted by Gasteiger charge is -2.24. The third-order valence-corrected chi connectivity index (χ3v) is 2.58. The Labute approximate surface area is 100 Å². The summed E-state index contributed by atoms with van der Waals surface area (Å²) in [7, 11) is -10.1. The van der Waals surface area contributed by atoms with Gasteiger partial charge in [-0.1, -0.05) is 0 Å². The number of aldehydes is 1. The van der Waals surface area contributed by atoms with Gasteiger partial charge in [-0.3, -0.25) is 9.05 Å². The van der Waals surface area contributed by atoms with Gasteiger partial charge < -0.3 is 34.6 Å². The van der Waals surface area contributed by atoms with Crippen molar-refractivity contribution in [1.82, 2.24) is 0 Å². The van der Waals surface area contributed by atoms with Crippen molar-refractivity contribution in [2.75, 3.05) is 6.61 Å². The first-order valence-corrected chi connectivity index (χ1v) is 7.28. The Balaban J connectivity index is 4.77. The molecule has 3 atom stereocenters. The van der Waals surface area contributed by atoms with Gasteiger partial charge in [-0.2, -0.15) is 0 Å². The third kappa shape index (κ3) is 8.01. The number of aliphatic hydroxyl groups is 2. The molecule has 0 amide bonds. The summed E-state index contributed by atoms with van der Waals surface area (Å²) in [6.07, 6.45) is -6.37. The molecule has 0 aliphatic rings. The van der Waals surface area contributed by atoms with Gasteiger partial charge in [0.25, 0.3) is 0 Å². The summed E-state index contributed by atoms with van der Waals surface area (Å²) < 4.78 is 28.7. The van der Waals surface area contributed by atoms with Crippen LogP contribution in [0.25, 0.3) is 0 Å². The Morgan fingerprint density at radius 3 is 1.89 bits per heavy atom. The minimum absolute atomic E-state index is 0.155. The van der Waals surface area contributed by atoms with E-state index >= 15 is 0 Å². The Hall–Kier alpha value is -0.190. The van der Waals surface area contributed by atoms with Crippen LogP contribution >= 0.6 is 15.6 Å². The van der Waals surface area contributed by atoms with Crippen molar-refractivity contribution < 1.29 is 52.8 Å². The SMILES string of the molecule is O=C[C@@H](O)[C@H](O)[C@@H](COP(=O)(O)O)OP(=O)(O)O. The second-order valence-electron chi connectivity index (χ2n) is 3.04. The van der Waals surface area contributed by atoms with Gasteiger partial charge in [0.15, 0.2) is 6.29 Å². The number of aliphatic hydroxyl groups excluding tert-OH is 2. The van der Waals surface area contributed by atoms with Crippen LogP contribution in [-0.4, -0.2) is 61.0 Å². The Kier molecular flexibility index (Phi) is 6.75. The average Bonchev–Trinajstić information content (AvgIpc) is 2.19. The van der Waals surface area contributed by atoms with E-state index in [1.165, 1.54) is 0 Å². The summed E-state index contributed by atoms with van der Waals surface area (Å²) in [6.45, 7) is -1.15. The van der Waals surface area contributed by atoms with Crippen molar-refractivity contribution in [3.05, 3.63) is 0 Å². The molecule has 108 valence electrons. The molecular formula is C5H12O11P2. The van der Waals surface area contributed by atoms with Crippen molar-refractivity contribution in [3.63, 3.8) is 0 Å². The number of phosphoric acid groups is 2. The van der Waals surface area contributed by atoms with Crippen LogP contribution in [0.5, 0.6) is 0 Å². The fourth-order valence-corrected chi connectivity index (χ4v) is 1.72. The molecule has 6 N–H and O–H groups in total. The van der Waals surface area contributed by atoms with Gasteiger partial charge in [-0.05, 0) is 0 Å². The van der Waals surface area contributed by atoms with Crippen LogP contribution in [0.4, 0.5) is 0 Å². The molecule has 11 nitrogen and oxygen atoms in total. The highest BCUT2D eigenvalue weighted by molar-refractivity contribution is 7.46. The van der Waals surface area contributed by atoms with Crippen LogP contribution in [-0.2, 0) is 23.0 Å². The summed E-state index contributed by atoms with van der Waals surface area (Å²) in [5.74, 6) is 0. The number of hydrogen-bond donors (Lipinski definition) is 6. The van der Waals surface area contributed by atoms with Gasteiger partial charge in [0.05, 0.1) is 6.61 Å². The first-order chi connectivity index (χ1) is 7.96. The lowest BCUT2D eigenvalue weighted by atomic mass is 10.1. The normalized spacial score (nSPS) is 18.1. The predicted molar refractivity (Wildman–Crippen MR) is 53.0 cm³/mol. The highest BCUT2D eigenvalue weighted by atomic mass is 31.2. The van der Waals surface area contributed by atoms with Gasteiger partial charge in [0.2, 0.25) is 0 Å². The second-order valence-corrected chi connectivity index (χ2v) is 5.47. The van der Waals surface area contributed by atoms with Crippen LogP contribution < -0.4 is 0 Å². The molecule has 13 heteroatoms. The molecule has 0 aromatic carbocycles. The average molecular weight is 310 g/mol. The van der Waals surface area contributed by atoms with Gasteiger partial charge in [0, 0.05) is 0 Å². The monoisotopic (exact) mass is 310 g/mol. The van der Waals surface area contributed by atoms with Gasteiger partial charge in [-0.15, -0.1) is 0 Å². The fourth-order valence-electron chi connectivity index (χ4n) is 0.839. The predicted octanol–water partition coefficient (Wildman–Crippen LogP) is -2.51. The van der Waals surface area contributed by atoms with E-state index in [9.17, 15) is 19.0 Å². The third-order valence-electron chi connectivity index (χ3n) is 1.55.